The summed E-state index contributed by atoms with van der Waals surface area (Å²) in [6, 6.07) is 26.6. The third-order valence-electron chi connectivity index (χ3n) is 7.42. The van der Waals surface area contributed by atoms with E-state index in [1.54, 1.807) is 0 Å². The molecule has 0 spiro atoms. The summed E-state index contributed by atoms with van der Waals surface area (Å²) >= 11 is 0. The van der Waals surface area contributed by atoms with Gasteiger partial charge in [-0.15, -0.1) is 0 Å². The topological polar surface area (TPSA) is 82.7 Å². The van der Waals surface area contributed by atoms with Crippen molar-refractivity contribution in [3.8, 4) is 11.1 Å². The van der Waals surface area contributed by atoms with E-state index in [0.29, 0.717) is 19.0 Å². The van der Waals surface area contributed by atoms with E-state index in [1.807, 2.05) is 67.6 Å². The Morgan fingerprint density at radius 1 is 0.923 bits per heavy atom. The van der Waals surface area contributed by atoms with Crippen molar-refractivity contribution in [1.29, 1.82) is 0 Å². The molecule has 7 nitrogen and oxygen atoms in total. The van der Waals surface area contributed by atoms with Crippen LogP contribution in [0.1, 0.15) is 50.6 Å². The molecule has 39 heavy (non-hydrogen) atoms. The number of ether oxygens (including phenoxy) is 1. The second kappa shape index (κ2) is 12.8. The molecule has 3 aromatic rings. The number of carbonyl (C=O) groups excluding carboxylic acids is 2. The molecule has 7 heteroatoms. The summed E-state index contributed by atoms with van der Waals surface area (Å²) in [5.41, 5.74) is 4.96. The fourth-order valence-electron chi connectivity index (χ4n) is 5.02. The monoisotopic (exact) mass is 526 g/mol. The van der Waals surface area contributed by atoms with Gasteiger partial charge < -0.3 is 20.3 Å². The van der Waals surface area contributed by atoms with Crippen LogP contribution in [0.4, 0.5) is 16.2 Å². The van der Waals surface area contributed by atoms with Crippen molar-refractivity contribution in [3.63, 3.8) is 0 Å². The molecule has 2 aliphatic rings. The zero-order valence-corrected chi connectivity index (χ0v) is 22.6. The highest BCUT2D eigenvalue weighted by atomic mass is 16.6. The molecule has 2 amide bonds. The fourth-order valence-corrected chi connectivity index (χ4v) is 5.02. The van der Waals surface area contributed by atoms with Gasteiger partial charge in [-0.2, -0.15) is 0 Å². The van der Waals surface area contributed by atoms with Crippen molar-refractivity contribution >= 4 is 23.4 Å². The van der Waals surface area contributed by atoms with Crippen molar-refractivity contribution in [2.24, 2.45) is 0 Å². The Bertz CT molecular complexity index is 1250. The van der Waals surface area contributed by atoms with E-state index in [2.05, 4.69) is 39.0 Å². The number of amides is 2. The van der Waals surface area contributed by atoms with Crippen LogP contribution in [-0.4, -0.2) is 48.7 Å². The highest BCUT2D eigenvalue weighted by Crippen LogP contribution is 2.28. The second-order valence-electron chi connectivity index (χ2n) is 10.6. The standard InChI is InChI=1S/C32H38N4O3/c1-23(25-10-7-11-27(22-25)34-26-14-15-26)33-31(37)18-21-36-19-16-28(17-20-36)39-32(38)35-30-13-6-5-12-29(30)24-8-3-2-4-9-24/h2-13,22-23,26,28,34H,14-21H2,1H3,(H,33,37)(H,35,38). The minimum atomic E-state index is -0.429. The number of para-hydroxylation sites is 1. The molecule has 3 aromatic carbocycles. The SMILES string of the molecule is CC(NC(=O)CCN1CCC(OC(=O)Nc2ccccc2-c2ccccc2)CC1)c1cccc(NC2CC2)c1. The van der Waals surface area contributed by atoms with Crippen LogP contribution in [-0.2, 0) is 9.53 Å². The summed E-state index contributed by atoms with van der Waals surface area (Å²) in [7, 11) is 0. The van der Waals surface area contributed by atoms with Gasteiger partial charge in [-0.25, -0.2) is 4.79 Å². The van der Waals surface area contributed by atoms with Crippen LogP contribution in [0.5, 0.6) is 0 Å². The molecule has 1 aliphatic heterocycles. The maximum Gasteiger partial charge on any atom is 0.411 e. The zero-order valence-electron chi connectivity index (χ0n) is 22.6. The average molecular weight is 527 g/mol. The van der Waals surface area contributed by atoms with Crippen LogP contribution in [0.15, 0.2) is 78.9 Å². The lowest BCUT2D eigenvalue weighted by Crippen LogP contribution is -2.40. The van der Waals surface area contributed by atoms with Gasteiger partial charge in [0, 0.05) is 43.3 Å². The van der Waals surface area contributed by atoms with Crippen LogP contribution in [0.2, 0.25) is 0 Å². The number of nitrogens with one attached hydrogen (secondary N) is 3. The summed E-state index contributed by atoms with van der Waals surface area (Å²) in [5.74, 6) is 0.0536. The normalized spacial score (nSPS) is 16.7. The molecule has 0 aromatic heterocycles. The van der Waals surface area contributed by atoms with Crippen molar-refractivity contribution in [2.75, 3.05) is 30.3 Å². The van der Waals surface area contributed by atoms with Crippen molar-refractivity contribution < 1.29 is 14.3 Å². The van der Waals surface area contributed by atoms with Gasteiger partial charge in [0.05, 0.1) is 11.7 Å². The first-order valence-corrected chi connectivity index (χ1v) is 14.0. The quantitative estimate of drug-likeness (QED) is 0.293. The lowest BCUT2D eigenvalue weighted by molar-refractivity contribution is -0.122. The third-order valence-corrected chi connectivity index (χ3v) is 7.42. The molecular formula is C32H38N4O3. The lowest BCUT2D eigenvalue weighted by atomic mass is 10.0. The molecule has 1 aliphatic carbocycles. The number of piperidine rings is 1. The molecule has 204 valence electrons. The predicted molar refractivity (Wildman–Crippen MR) is 156 cm³/mol. The van der Waals surface area contributed by atoms with E-state index in [1.165, 1.54) is 12.8 Å². The van der Waals surface area contributed by atoms with Gasteiger partial charge in [0.2, 0.25) is 5.91 Å². The number of anilines is 2. The number of benzene rings is 3. The van der Waals surface area contributed by atoms with E-state index in [4.69, 9.17) is 4.74 Å². The predicted octanol–water partition coefficient (Wildman–Crippen LogP) is 6.21. The number of rotatable bonds is 10. The zero-order chi connectivity index (χ0) is 27.0. The Balaban J connectivity index is 1.02. The van der Waals surface area contributed by atoms with Crippen molar-refractivity contribution in [3.05, 3.63) is 84.4 Å². The van der Waals surface area contributed by atoms with Crippen LogP contribution < -0.4 is 16.0 Å². The minimum Gasteiger partial charge on any atom is -0.446 e. The maximum absolute atomic E-state index is 12.7. The number of carbonyl (C=O) groups is 2. The smallest absolute Gasteiger partial charge is 0.411 e. The Morgan fingerprint density at radius 2 is 1.67 bits per heavy atom. The summed E-state index contributed by atoms with van der Waals surface area (Å²) in [6.07, 6.45) is 3.87. The molecule has 1 atom stereocenters. The highest BCUT2D eigenvalue weighted by molar-refractivity contribution is 5.91. The van der Waals surface area contributed by atoms with Crippen molar-refractivity contribution in [2.45, 2.75) is 57.2 Å². The largest absolute Gasteiger partial charge is 0.446 e. The Hall–Kier alpha value is -3.84. The van der Waals surface area contributed by atoms with E-state index in [9.17, 15) is 9.59 Å². The summed E-state index contributed by atoms with van der Waals surface area (Å²) in [5, 5.41) is 9.57. The number of hydrogen-bond donors (Lipinski definition) is 3. The molecule has 1 heterocycles. The Morgan fingerprint density at radius 3 is 2.44 bits per heavy atom. The van der Waals surface area contributed by atoms with Crippen LogP contribution in [0, 0.1) is 0 Å². The van der Waals surface area contributed by atoms with Gasteiger partial charge in [0.1, 0.15) is 6.10 Å². The molecule has 2 fully saturated rings. The molecular weight excluding hydrogens is 488 g/mol. The van der Waals surface area contributed by atoms with E-state index in [0.717, 1.165) is 54.0 Å². The maximum atomic E-state index is 12.7. The van der Waals surface area contributed by atoms with Gasteiger partial charge in [-0.05, 0) is 61.9 Å². The third kappa shape index (κ3) is 7.83. The lowest BCUT2D eigenvalue weighted by Gasteiger charge is -2.31. The van der Waals surface area contributed by atoms with Gasteiger partial charge in [0.25, 0.3) is 0 Å². The van der Waals surface area contributed by atoms with Crippen molar-refractivity contribution in [1.82, 2.24) is 10.2 Å². The summed E-state index contributed by atoms with van der Waals surface area (Å²) < 4.78 is 5.74. The second-order valence-corrected chi connectivity index (χ2v) is 10.6. The number of likely N-dealkylation sites (tertiary alicyclic amines) is 1. The summed E-state index contributed by atoms with van der Waals surface area (Å²) in [4.78, 5) is 27.5. The average Bonchev–Trinajstić information content (AvgIpc) is 3.77. The first-order valence-electron chi connectivity index (χ1n) is 14.0. The van der Waals surface area contributed by atoms with E-state index in [-0.39, 0.29) is 18.1 Å². The Kier molecular flexibility index (Phi) is 8.78. The van der Waals surface area contributed by atoms with Crippen LogP contribution in [0.3, 0.4) is 0 Å². The first-order chi connectivity index (χ1) is 19.0. The highest BCUT2D eigenvalue weighted by Gasteiger charge is 2.24. The molecule has 0 radical (unpaired) electrons. The molecule has 1 saturated carbocycles. The number of hydrogen-bond acceptors (Lipinski definition) is 5. The van der Waals surface area contributed by atoms with E-state index < -0.39 is 6.09 Å². The van der Waals surface area contributed by atoms with Gasteiger partial charge in [-0.1, -0.05) is 60.7 Å². The molecule has 1 saturated heterocycles. The minimum absolute atomic E-state index is 0.0388. The van der Waals surface area contributed by atoms with Gasteiger partial charge >= 0.3 is 6.09 Å². The van der Waals surface area contributed by atoms with Gasteiger partial charge in [0.15, 0.2) is 0 Å². The van der Waals surface area contributed by atoms with Gasteiger partial charge in [-0.3, -0.25) is 10.1 Å². The van der Waals surface area contributed by atoms with Crippen LogP contribution in [0.25, 0.3) is 11.1 Å². The fraction of sp³-hybridized carbons (Fsp3) is 0.375. The first kappa shape index (κ1) is 26.8. The Labute approximate surface area is 230 Å². The number of nitrogens with zero attached hydrogens (tertiary/aromatic N) is 1. The summed E-state index contributed by atoms with van der Waals surface area (Å²) in [6.45, 7) is 4.33. The molecule has 5 rings (SSSR count). The molecule has 0 bridgehead atoms. The van der Waals surface area contributed by atoms with Crippen LogP contribution >= 0.6 is 0 Å². The van der Waals surface area contributed by atoms with E-state index >= 15 is 0 Å². The molecule has 1 unspecified atom stereocenters. The molecule has 3 N–H and O–H groups in total.